The third kappa shape index (κ3) is 3.14. The van der Waals surface area contributed by atoms with Crippen LogP contribution in [0.1, 0.15) is 24.8 Å². The Bertz CT molecular complexity index is 591. The topological polar surface area (TPSA) is 70.5 Å². The van der Waals surface area contributed by atoms with Gasteiger partial charge in [-0.05, 0) is 37.3 Å². The summed E-state index contributed by atoms with van der Waals surface area (Å²) in [5.74, 6) is 0.0103. The Morgan fingerprint density at radius 2 is 2.20 bits per heavy atom. The molecule has 1 aromatic heterocycles. The Balaban J connectivity index is 2.18. The second kappa shape index (κ2) is 5.97. The van der Waals surface area contributed by atoms with Crippen LogP contribution in [0.3, 0.4) is 0 Å². The summed E-state index contributed by atoms with van der Waals surface area (Å²) in [6, 6.07) is 1.52. The minimum Gasteiger partial charge on any atom is -0.393 e. The summed E-state index contributed by atoms with van der Waals surface area (Å²) >= 11 is 5.81. The maximum Gasteiger partial charge on any atom is 0.244 e. The monoisotopic (exact) mass is 318 g/mol. The summed E-state index contributed by atoms with van der Waals surface area (Å²) in [5, 5.41) is 10.1. The first-order valence-corrected chi connectivity index (χ1v) is 8.40. The number of rotatable bonds is 4. The highest BCUT2D eigenvalue weighted by atomic mass is 35.5. The van der Waals surface area contributed by atoms with Crippen LogP contribution >= 0.6 is 11.6 Å². The molecule has 0 aromatic carbocycles. The minimum atomic E-state index is -3.59. The zero-order valence-electron chi connectivity index (χ0n) is 11.6. The van der Waals surface area contributed by atoms with Gasteiger partial charge in [-0.1, -0.05) is 18.0 Å². The van der Waals surface area contributed by atoms with Crippen LogP contribution in [-0.2, 0) is 10.0 Å². The molecular weight excluding hydrogens is 300 g/mol. The van der Waals surface area contributed by atoms with Crippen molar-refractivity contribution < 1.29 is 13.5 Å². The van der Waals surface area contributed by atoms with Gasteiger partial charge in [0, 0.05) is 19.8 Å². The lowest BCUT2D eigenvalue weighted by atomic mass is 10.1. The maximum atomic E-state index is 12.5. The normalized spacial score (nSPS) is 23.4. The van der Waals surface area contributed by atoms with E-state index in [0.29, 0.717) is 17.3 Å². The van der Waals surface area contributed by atoms with E-state index in [-0.39, 0.29) is 10.8 Å². The fourth-order valence-electron chi connectivity index (χ4n) is 2.51. The number of sulfonamides is 1. The van der Waals surface area contributed by atoms with E-state index in [1.165, 1.54) is 23.6 Å². The van der Waals surface area contributed by atoms with Crippen LogP contribution in [0.15, 0.2) is 17.2 Å². The molecule has 20 heavy (non-hydrogen) atoms. The van der Waals surface area contributed by atoms with E-state index in [1.54, 1.807) is 6.92 Å². The molecule has 1 heterocycles. The number of halogens is 1. The Morgan fingerprint density at radius 1 is 1.50 bits per heavy atom. The molecule has 1 N–H and O–H groups in total. The lowest BCUT2D eigenvalue weighted by Crippen LogP contribution is -2.34. The summed E-state index contributed by atoms with van der Waals surface area (Å²) < 4.78 is 26.2. The van der Waals surface area contributed by atoms with Crippen molar-refractivity contribution in [1.29, 1.82) is 0 Å². The molecule has 2 rings (SSSR count). The van der Waals surface area contributed by atoms with Crippen molar-refractivity contribution in [1.82, 2.24) is 9.29 Å². The Morgan fingerprint density at radius 3 is 2.75 bits per heavy atom. The lowest BCUT2D eigenvalue weighted by Gasteiger charge is -2.22. The quantitative estimate of drug-likeness (QED) is 0.860. The van der Waals surface area contributed by atoms with Crippen LogP contribution in [0.2, 0.25) is 5.15 Å². The molecule has 2 atom stereocenters. The number of aromatic nitrogens is 1. The number of nitrogens with zero attached hydrogens (tertiary/aromatic N) is 2. The van der Waals surface area contributed by atoms with Crippen LogP contribution in [-0.4, -0.2) is 42.5 Å². The fraction of sp³-hybridized carbons (Fsp3) is 0.615. The SMILES string of the molecule is Cc1cc(S(=O)(=O)N(C)CC2CCCC2O)cnc1Cl. The molecule has 7 heteroatoms. The van der Waals surface area contributed by atoms with Crippen LogP contribution in [0, 0.1) is 12.8 Å². The number of aliphatic hydroxyl groups excluding tert-OH is 1. The average Bonchev–Trinajstić information content (AvgIpc) is 2.78. The van der Waals surface area contributed by atoms with E-state index >= 15 is 0 Å². The van der Waals surface area contributed by atoms with Gasteiger partial charge in [0.2, 0.25) is 10.0 Å². The van der Waals surface area contributed by atoms with Crippen molar-refractivity contribution in [2.45, 2.75) is 37.2 Å². The largest absolute Gasteiger partial charge is 0.393 e. The molecule has 0 aliphatic heterocycles. The molecule has 0 saturated heterocycles. The molecule has 112 valence electrons. The van der Waals surface area contributed by atoms with Gasteiger partial charge in [-0.25, -0.2) is 17.7 Å². The van der Waals surface area contributed by atoms with E-state index in [1.807, 2.05) is 0 Å². The van der Waals surface area contributed by atoms with E-state index in [2.05, 4.69) is 4.98 Å². The summed E-state index contributed by atoms with van der Waals surface area (Å²) in [7, 11) is -2.06. The van der Waals surface area contributed by atoms with Crippen LogP contribution in [0.25, 0.3) is 0 Å². The van der Waals surface area contributed by atoms with Crippen LogP contribution in [0.4, 0.5) is 0 Å². The first kappa shape index (κ1) is 15.7. The molecule has 0 spiro atoms. The van der Waals surface area contributed by atoms with Crippen LogP contribution < -0.4 is 0 Å². The molecule has 0 bridgehead atoms. The van der Waals surface area contributed by atoms with E-state index in [4.69, 9.17) is 11.6 Å². The van der Waals surface area contributed by atoms with Gasteiger partial charge in [-0.3, -0.25) is 0 Å². The lowest BCUT2D eigenvalue weighted by molar-refractivity contribution is 0.123. The van der Waals surface area contributed by atoms with Gasteiger partial charge in [0.25, 0.3) is 0 Å². The van der Waals surface area contributed by atoms with Gasteiger partial charge in [0.05, 0.1) is 6.10 Å². The predicted molar refractivity (Wildman–Crippen MR) is 77.1 cm³/mol. The number of aryl methyl sites for hydroxylation is 1. The molecule has 0 radical (unpaired) electrons. The zero-order chi connectivity index (χ0) is 14.9. The van der Waals surface area contributed by atoms with E-state index in [0.717, 1.165) is 19.3 Å². The average molecular weight is 319 g/mol. The summed E-state index contributed by atoms with van der Waals surface area (Å²) in [4.78, 5) is 4.02. The summed E-state index contributed by atoms with van der Waals surface area (Å²) in [5.41, 5.74) is 0.627. The first-order chi connectivity index (χ1) is 9.32. The summed E-state index contributed by atoms with van der Waals surface area (Å²) in [6.07, 6.45) is 3.42. The van der Waals surface area contributed by atoms with Gasteiger partial charge < -0.3 is 5.11 Å². The Hall–Kier alpha value is -0.690. The highest BCUT2D eigenvalue weighted by Gasteiger charge is 2.30. The van der Waals surface area contributed by atoms with Crippen molar-refractivity contribution in [3.63, 3.8) is 0 Å². The third-order valence-electron chi connectivity index (χ3n) is 3.81. The minimum absolute atomic E-state index is 0.0103. The second-order valence-electron chi connectivity index (χ2n) is 5.32. The molecule has 1 fully saturated rings. The molecule has 5 nitrogen and oxygen atoms in total. The van der Waals surface area contributed by atoms with Gasteiger partial charge in [-0.15, -0.1) is 0 Å². The third-order valence-corrected chi connectivity index (χ3v) is 5.99. The van der Waals surface area contributed by atoms with Gasteiger partial charge in [0.1, 0.15) is 10.0 Å². The smallest absolute Gasteiger partial charge is 0.244 e. The second-order valence-corrected chi connectivity index (χ2v) is 7.73. The van der Waals surface area contributed by atoms with E-state index < -0.39 is 16.1 Å². The number of aliphatic hydroxyl groups is 1. The molecule has 2 unspecified atom stereocenters. The fourth-order valence-corrected chi connectivity index (χ4v) is 3.87. The number of pyridine rings is 1. The predicted octanol–water partition coefficient (Wildman–Crippen LogP) is 1.82. The molecule has 1 saturated carbocycles. The molecule has 1 aliphatic rings. The number of hydrogen-bond donors (Lipinski definition) is 1. The number of hydrogen-bond acceptors (Lipinski definition) is 4. The summed E-state index contributed by atoms with van der Waals surface area (Å²) in [6.45, 7) is 2.04. The van der Waals surface area contributed by atoms with Crippen molar-refractivity contribution in [2.24, 2.45) is 5.92 Å². The molecule has 1 aliphatic carbocycles. The first-order valence-electron chi connectivity index (χ1n) is 6.59. The zero-order valence-corrected chi connectivity index (χ0v) is 13.2. The van der Waals surface area contributed by atoms with Gasteiger partial charge >= 0.3 is 0 Å². The van der Waals surface area contributed by atoms with Crippen LogP contribution in [0.5, 0.6) is 0 Å². The van der Waals surface area contributed by atoms with Crippen molar-refractivity contribution >= 4 is 21.6 Å². The Labute approximate surface area is 124 Å². The standard InChI is InChI=1S/C13H19ClN2O3S/c1-9-6-11(7-15-13(9)14)20(18,19)16(2)8-10-4-3-5-12(10)17/h6-7,10,12,17H,3-5,8H2,1-2H3. The molecule has 0 amide bonds. The Kier molecular flexibility index (Phi) is 4.69. The van der Waals surface area contributed by atoms with Gasteiger partial charge in [-0.2, -0.15) is 0 Å². The van der Waals surface area contributed by atoms with E-state index in [9.17, 15) is 13.5 Å². The van der Waals surface area contributed by atoms with Gasteiger partial charge in [0.15, 0.2) is 0 Å². The highest BCUT2D eigenvalue weighted by molar-refractivity contribution is 7.89. The molecule has 1 aromatic rings. The maximum absolute atomic E-state index is 12.5. The van der Waals surface area contributed by atoms with Crippen molar-refractivity contribution in [3.05, 3.63) is 23.0 Å². The van der Waals surface area contributed by atoms with Crippen molar-refractivity contribution in [3.8, 4) is 0 Å². The highest BCUT2D eigenvalue weighted by Crippen LogP contribution is 2.28. The molecular formula is C13H19ClN2O3S. The van der Waals surface area contributed by atoms with Crippen molar-refractivity contribution in [2.75, 3.05) is 13.6 Å².